The normalized spacial score (nSPS) is 11.1. The number of hydrogen-bond donors (Lipinski definition) is 0. The molecule has 0 radical (unpaired) electrons. The standard InChI is InChI=1S/C8H10NO5S/c1-13-9(10)7-3-5-8(6-4-7)15(11,12)14-2/h3-6H,1-2H3/q+1. The monoisotopic (exact) mass is 232 g/mol. The Kier molecular flexibility index (Phi) is 3.38. The van der Waals surface area contributed by atoms with Crippen molar-refractivity contribution >= 4 is 15.8 Å². The van der Waals surface area contributed by atoms with Crippen molar-refractivity contribution in [1.82, 2.24) is 0 Å². The predicted octanol–water partition coefficient (Wildman–Crippen LogP) is 0.994. The third-order valence-electron chi connectivity index (χ3n) is 1.72. The van der Waals surface area contributed by atoms with Crippen molar-refractivity contribution in [1.29, 1.82) is 0 Å². The van der Waals surface area contributed by atoms with Gasteiger partial charge in [0.05, 0.1) is 16.9 Å². The molecular formula is C8H10NO5S+. The first-order chi connectivity index (χ1) is 7.01. The molecule has 6 nitrogen and oxygen atoms in total. The number of benzene rings is 1. The molecule has 0 unspecified atom stereocenters. The van der Waals surface area contributed by atoms with Crippen molar-refractivity contribution in [2.45, 2.75) is 4.90 Å². The molecule has 0 N–H and O–H groups in total. The average Bonchev–Trinajstić information content (AvgIpc) is 2.28. The van der Waals surface area contributed by atoms with Gasteiger partial charge in [-0.25, -0.2) is 4.84 Å². The summed E-state index contributed by atoms with van der Waals surface area (Å²) in [6, 6.07) is 5.17. The fourth-order valence-electron chi connectivity index (χ4n) is 0.936. The third-order valence-corrected chi connectivity index (χ3v) is 3.01. The molecule has 82 valence electrons. The molecule has 7 heteroatoms. The summed E-state index contributed by atoms with van der Waals surface area (Å²) >= 11 is 0. The minimum absolute atomic E-state index is 0.0155. The maximum atomic E-state index is 11.2. The maximum Gasteiger partial charge on any atom is 0.316 e. The van der Waals surface area contributed by atoms with Crippen LogP contribution in [0.15, 0.2) is 29.2 Å². The topological polar surface area (TPSA) is 72.7 Å². The highest BCUT2D eigenvalue weighted by Gasteiger charge is 2.17. The lowest BCUT2D eigenvalue weighted by atomic mass is 10.3. The van der Waals surface area contributed by atoms with E-state index in [4.69, 9.17) is 0 Å². The van der Waals surface area contributed by atoms with Crippen LogP contribution in [0.25, 0.3) is 0 Å². The molecule has 1 aromatic rings. The number of hydrogen-bond acceptors (Lipinski definition) is 5. The van der Waals surface area contributed by atoms with Crippen molar-refractivity contribution in [3.63, 3.8) is 0 Å². The molecule has 0 fully saturated rings. The smallest absolute Gasteiger partial charge is 0.270 e. The molecular weight excluding hydrogens is 222 g/mol. The predicted molar refractivity (Wildman–Crippen MR) is 50.9 cm³/mol. The van der Waals surface area contributed by atoms with E-state index in [1.807, 2.05) is 0 Å². The van der Waals surface area contributed by atoms with E-state index in [0.717, 1.165) is 7.11 Å². The summed E-state index contributed by atoms with van der Waals surface area (Å²) in [6.07, 6.45) is 0. The van der Waals surface area contributed by atoms with Crippen molar-refractivity contribution in [3.05, 3.63) is 29.2 Å². The largest absolute Gasteiger partial charge is 0.316 e. The Hall–Kier alpha value is -1.47. The lowest BCUT2D eigenvalue weighted by Gasteiger charge is -1.99. The van der Waals surface area contributed by atoms with Crippen LogP contribution in [0.5, 0.6) is 0 Å². The van der Waals surface area contributed by atoms with Crippen LogP contribution < -0.4 is 0 Å². The Balaban J connectivity index is 3.06. The van der Waals surface area contributed by atoms with Crippen LogP contribution in [0.3, 0.4) is 0 Å². The maximum absolute atomic E-state index is 11.2. The Morgan fingerprint density at radius 2 is 1.67 bits per heavy atom. The van der Waals surface area contributed by atoms with E-state index < -0.39 is 10.1 Å². The van der Waals surface area contributed by atoms with E-state index in [9.17, 15) is 13.3 Å². The molecule has 0 aliphatic rings. The highest BCUT2D eigenvalue weighted by molar-refractivity contribution is 7.86. The van der Waals surface area contributed by atoms with Crippen LogP contribution in [0.2, 0.25) is 0 Å². The summed E-state index contributed by atoms with van der Waals surface area (Å²) in [4.78, 5) is 15.6. The lowest BCUT2D eigenvalue weighted by Crippen LogP contribution is -2.03. The third kappa shape index (κ3) is 2.51. The highest BCUT2D eigenvalue weighted by atomic mass is 32.2. The van der Waals surface area contributed by atoms with Gasteiger partial charge >= 0.3 is 5.69 Å². The van der Waals surface area contributed by atoms with Crippen LogP contribution in [0.1, 0.15) is 0 Å². The fraction of sp³-hybridized carbons (Fsp3) is 0.250. The molecule has 15 heavy (non-hydrogen) atoms. The lowest BCUT2D eigenvalue weighted by molar-refractivity contribution is -0.736. The molecule has 0 atom stereocenters. The Labute approximate surface area is 87.1 Å². The van der Waals surface area contributed by atoms with Crippen LogP contribution in [0.4, 0.5) is 5.69 Å². The van der Waals surface area contributed by atoms with Gasteiger partial charge in [-0.1, -0.05) is 0 Å². The first-order valence-electron chi connectivity index (χ1n) is 3.93. The van der Waals surface area contributed by atoms with Gasteiger partial charge in [-0.2, -0.15) is 8.42 Å². The molecule has 0 aliphatic carbocycles. The van der Waals surface area contributed by atoms with Gasteiger partial charge < -0.3 is 0 Å². The molecule has 0 saturated heterocycles. The Morgan fingerprint density at radius 1 is 1.13 bits per heavy atom. The van der Waals surface area contributed by atoms with Crippen molar-refractivity contribution < 1.29 is 22.4 Å². The second-order valence-electron chi connectivity index (χ2n) is 2.55. The van der Waals surface area contributed by atoms with Crippen LogP contribution in [-0.4, -0.2) is 27.6 Å². The van der Waals surface area contributed by atoms with Crippen molar-refractivity contribution in [2.75, 3.05) is 14.2 Å². The van der Waals surface area contributed by atoms with Gasteiger partial charge in [0.2, 0.25) is 0 Å². The van der Waals surface area contributed by atoms with Crippen molar-refractivity contribution in [3.8, 4) is 0 Å². The summed E-state index contributed by atoms with van der Waals surface area (Å²) in [5.41, 5.74) is 0.201. The summed E-state index contributed by atoms with van der Waals surface area (Å²) in [6.45, 7) is 0. The van der Waals surface area contributed by atoms with Crippen LogP contribution >= 0.6 is 0 Å². The highest BCUT2D eigenvalue weighted by Crippen LogP contribution is 2.17. The summed E-state index contributed by atoms with van der Waals surface area (Å²) in [5, 5.41) is 0. The summed E-state index contributed by atoms with van der Waals surface area (Å²) < 4.78 is 26.7. The molecule has 1 aromatic carbocycles. The molecule has 0 spiro atoms. The minimum Gasteiger partial charge on any atom is -0.270 e. The van der Waals surface area contributed by atoms with Gasteiger partial charge in [0.25, 0.3) is 15.0 Å². The zero-order chi connectivity index (χ0) is 11.5. The van der Waals surface area contributed by atoms with Gasteiger partial charge in [0.1, 0.15) is 0 Å². The van der Waals surface area contributed by atoms with E-state index >= 15 is 0 Å². The van der Waals surface area contributed by atoms with Gasteiger partial charge in [-0.05, 0) is 12.1 Å². The first-order valence-corrected chi connectivity index (χ1v) is 5.34. The van der Waals surface area contributed by atoms with Crippen molar-refractivity contribution in [2.24, 2.45) is 0 Å². The van der Waals surface area contributed by atoms with Crippen LogP contribution in [0, 0.1) is 4.91 Å². The van der Waals surface area contributed by atoms with E-state index in [-0.39, 0.29) is 15.5 Å². The quantitative estimate of drug-likeness (QED) is 0.571. The molecule has 0 bridgehead atoms. The van der Waals surface area contributed by atoms with E-state index in [2.05, 4.69) is 9.02 Å². The molecule has 0 aliphatic heterocycles. The van der Waals surface area contributed by atoms with Crippen LogP contribution in [-0.2, 0) is 19.1 Å². The molecule has 0 aromatic heterocycles. The van der Waals surface area contributed by atoms with E-state index in [1.54, 1.807) is 0 Å². The molecule has 0 amide bonds. The van der Waals surface area contributed by atoms with Gasteiger partial charge in [0.15, 0.2) is 7.11 Å². The van der Waals surface area contributed by atoms with Gasteiger partial charge in [-0.3, -0.25) is 4.18 Å². The average molecular weight is 232 g/mol. The summed E-state index contributed by atoms with van der Waals surface area (Å²) in [7, 11) is -1.43. The van der Waals surface area contributed by atoms with Gasteiger partial charge in [0, 0.05) is 12.1 Å². The second-order valence-corrected chi connectivity index (χ2v) is 4.27. The minimum atomic E-state index is -3.71. The van der Waals surface area contributed by atoms with Gasteiger partial charge in [-0.15, -0.1) is 0 Å². The Morgan fingerprint density at radius 3 is 2.07 bits per heavy atom. The fourth-order valence-corrected chi connectivity index (χ4v) is 1.60. The number of nitrogens with zero attached hydrogens (tertiary/aromatic N) is 1. The Bertz CT molecular complexity index is 450. The molecule has 0 saturated carbocycles. The SMILES string of the molecule is CO[N+](=O)c1ccc(S(=O)(=O)OC)cc1. The summed E-state index contributed by atoms with van der Waals surface area (Å²) in [5.74, 6) is 0. The zero-order valence-corrected chi connectivity index (χ0v) is 9.02. The molecule has 0 heterocycles. The number of rotatable bonds is 4. The second kappa shape index (κ2) is 4.37. The first kappa shape index (κ1) is 11.6. The molecule has 1 rings (SSSR count). The zero-order valence-electron chi connectivity index (χ0n) is 8.21. The van der Waals surface area contributed by atoms with E-state index in [1.165, 1.54) is 31.4 Å². The van der Waals surface area contributed by atoms with E-state index in [0.29, 0.717) is 0 Å².